The maximum atomic E-state index is 11.4. The van der Waals surface area contributed by atoms with Crippen LogP contribution in [0.5, 0.6) is 5.75 Å². The highest BCUT2D eigenvalue weighted by atomic mass is 16.5. The Hall–Kier alpha value is -1.87. The topological polar surface area (TPSA) is 42.4 Å². The second-order valence-corrected chi connectivity index (χ2v) is 5.92. The number of pyridine rings is 1. The normalized spacial score (nSPS) is 14.7. The van der Waals surface area contributed by atoms with Crippen LogP contribution in [0.4, 0.5) is 0 Å². The number of aliphatic hydroxyl groups is 1. The van der Waals surface area contributed by atoms with Crippen LogP contribution in [0, 0.1) is 5.41 Å². The molecule has 20 heavy (non-hydrogen) atoms. The van der Waals surface area contributed by atoms with Crippen molar-refractivity contribution in [1.82, 2.24) is 4.98 Å². The Labute approximate surface area is 120 Å². The molecule has 1 N–H and O–H groups in total. The molecule has 3 nitrogen and oxygen atoms in total. The summed E-state index contributed by atoms with van der Waals surface area (Å²) in [5.41, 5.74) is 0.243. The van der Waals surface area contributed by atoms with E-state index in [-0.39, 0.29) is 5.41 Å². The third-order valence-corrected chi connectivity index (χ3v) is 3.69. The van der Waals surface area contributed by atoms with Gasteiger partial charge in [0.1, 0.15) is 11.4 Å². The Bertz CT molecular complexity index is 558. The summed E-state index contributed by atoms with van der Waals surface area (Å²) in [5.74, 6) is 0.778. The number of nitrogens with zero attached hydrogens (tertiary/aromatic N) is 1. The van der Waals surface area contributed by atoms with E-state index in [4.69, 9.17) is 4.74 Å². The van der Waals surface area contributed by atoms with E-state index >= 15 is 0 Å². The van der Waals surface area contributed by atoms with Gasteiger partial charge in [0.2, 0.25) is 0 Å². The number of methoxy groups -OCH3 is 1. The summed E-state index contributed by atoms with van der Waals surface area (Å²) < 4.78 is 5.18. The van der Waals surface area contributed by atoms with Crippen molar-refractivity contribution >= 4 is 0 Å². The maximum absolute atomic E-state index is 11.4. The lowest BCUT2D eigenvalue weighted by molar-refractivity contribution is -0.0260. The standard InChI is InChI=1S/C17H21NO2/c1-16(2,3)17(19,14-9-11-18-12-10-14)13-5-7-15(20-4)8-6-13/h5-12,19H,1-4H3. The number of rotatable bonds is 3. The summed E-state index contributed by atoms with van der Waals surface area (Å²) in [6.45, 7) is 6.08. The Morgan fingerprint density at radius 1 is 0.900 bits per heavy atom. The molecular weight excluding hydrogens is 250 g/mol. The molecule has 0 aliphatic heterocycles. The minimum Gasteiger partial charge on any atom is -0.497 e. The first-order valence-electron chi connectivity index (χ1n) is 6.67. The molecule has 0 amide bonds. The predicted molar refractivity (Wildman–Crippen MR) is 79.7 cm³/mol. The summed E-state index contributed by atoms with van der Waals surface area (Å²) in [6, 6.07) is 11.3. The van der Waals surface area contributed by atoms with E-state index in [1.807, 2.05) is 57.2 Å². The van der Waals surface area contributed by atoms with Crippen LogP contribution in [0.2, 0.25) is 0 Å². The zero-order chi connectivity index (χ0) is 14.8. The lowest BCUT2D eigenvalue weighted by Gasteiger charge is -2.41. The fraction of sp³-hybridized carbons (Fsp3) is 0.353. The molecule has 0 aliphatic rings. The Balaban J connectivity index is 2.58. The average molecular weight is 271 g/mol. The van der Waals surface area contributed by atoms with E-state index in [2.05, 4.69) is 4.98 Å². The maximum Gasteiger partial charge on any atom is 0.119 e. The van der Waals surface area contributed by atoms with Crippen LogP contribution in [0.25, 0.3) is 0 Å². The van der Waals surface area contributed by atoms with Gasteiger partial charge >= 0.3 is 0 Å². The van der Waals surface area contributed by atoms with Crippen molar-refractivity contribution in [3.63, 3.8) is 0 Å². The van der Waals surface area contributed by atoms with E-state index in [9.17, 15) is 5.11 Å². The molecule has 0 saturated heterocycles. The fourth-order valence-corrected chi connectivity index (χ4v) is 2.46. The van der Waals surface area contributed by atoms with Crippen LogP contribution in [-0.2, 0) is 5.60 Å². The van der Waals surface area contributed by atoms with Gasteiger partial charge in [-0.3, -0.25) is 4.98 Å². The van der Waals surface area contributed by atoms with Gasteiger partial charge in [-0.05, 0) is 40.8 Å². The largest absolute Gasteiger partial charge is 0.497 e. The first kappa shape index (κ1) is 14.5. The summed E-state index contributed by atoms with van der Waals surface area (Å²) in [4.78, 5) is 4.03. The van der Waals surface area contributed by atoms with Gasteiger partial charge in [-0.15, -0.1) is 0 Å². The molecule has 0 fully saturated rings. The predicted octanol–water partition coefficient (Wildman–Crippen LogP) is 3.37. The molecule has 1 atom stereocenters. The van der Waals surface area contributed by atoms with Crippen LogP contribution in [0.1, 0.15) is 31.9 Å². The SMILES string of the molecule is COc1ccc(C(O)(c2ccncc2)C(C)(C)C)cc1. The molecule has 1 heterocycles. The minimum atomic E-state index is -1.08. The van der Waals surface area contributed by atoms with Crippen LogP contribution < -0.4 is 4.74 Å². The number of ether oxygens (including phenoxy) is 1. The van der Waals surface area contributed by atoms with Crippen LogP contribution in [0.3, 0.4) is 0 Å². The quantitative estimate of drug-likeness (QED) is 0.930. The van der Waals surface area contributed by atoms with Gasteiger partial charge in [0, 0.05) is 12.4 Å². The molecule has 0 radical (unpaired) electrons. The van der Waals surface area contributed by atoms with Crippen LogP contribution in [0.15, 0.2) is 48.8 Å². The van der Waals surface area contributed by atoms with Gasteiger partial charge < -0.3 is 9.84 Å². The molecule has 0 saturated carbocycles. The van der Waals surface area contributed by atoms with Crippen molar-refractivity contribution in [3.05, 3.63) is 59.9 Å². The Morgan fingerprint density at radius 2 is 1.40 bits per heavy atom. The number of hydrogen-bond acceptors (Lipinski definition) is 3. The molecule has 3 heteroatoms. The second-order valence-electron chi connectivity index (χ2n) is 5.92. The molecule has 0 spiro atoms. The highest BCUT2D eigenvalue weighted by molar-refractivity contribution is 5.40. The Kier molecular flexibility index (Phi) is 3.82. The molecule has 2 rings (SSSR count). The second kappa shape index (κ2) is 5.25. The summed E-state index contributed by atoms with van der Waals surface area (Å²) in [5, 5.41) is 11.4. The minimum absolute atomic E-state index is 0.358. The Morgan fingerprint density at radius 3 is 1.85 bits per heavy atom. The molecule has 0 bridgehead atoms. The molecule has 0 aliphatic carbocycles. The fourth-order valence-electron chi connectivity index (χ4n) is 2.46. The summed E-state index contributed by atoms with van der Waals surface area (Å²) >= 11 is 0. The van der Waals surface area contributed by atoms with E-state index in [1.54, 1.807) is 19.5 Å². The van der Waals surface area contributed by atoms with Crippen LogP contribution >= 0.6 is 0 Å². The molecule has 2 aromatic rings. The molecule has 1 aromatic carbocycles. The van der Waals surface area contributed by atoms with Crippen molar-refractivity contribution in [3.8, 4) is 5.75 Å². The molecule has 1 unspecified atom stereocenters. The number of hydrogen-bond donors (Lipinski definition) is 1. The van der Waals surface area contributed by atoms with E-state index in [0.717, 1.165) is 16.9 Å². The number of aromatic nitrogens is 1. The lowest BCUT2D eigenvalue weighted by Crippen LogP contribution is -2.41. The van der Waals surface area contributed by atoms with Crippen LogP contribution in [-0.4, -0.2) is 17.2 Å². The van der Waals surface area contributed by atoms with Gasteiger partial charge in [-0.25, -0.2) is 0 Å². The molecule has 1 aromatic heterocycles. The third-order valence-electron chi connectivity index (χ3n) is 3.69. The van der Waals surface area contributed by atoms with Crippen molar-refractivity contribution < 1.29 is 9.84 Å². The van der Waals surface area contributed by atoms with Crippen molar-refractivity contribution in [2.45, 2.75) is 26.4 Å². The van der Waals surface area contributed by atoms with Gasteiger partial charge in [-0.2, -0.15) is 0 Å². The zero-order valence-electron chi connectivity index (χ0n) is 12.4. The first-order valence-corrected chi connectivity index (χ1v) is 6.67. The van der Waals surface area contributed by atoms with E-state index < -0.39 is 5.60 Å². The van der Waals surface area contributed by atoms with E-state index in [0.29, 0.717) is 0 Å². The zero-order valence-corrected chi connectivity index (χ0v) is 12.4. The third kappa shape index (κ3) is 2.41. The van der Waals surface area contributed by atoms with Crippen molar-refractivity contribution in [1.29, 1.82) is 0 Å². The average Bonchev–Trinajstić information content (AvgIpc) is 2.46. The highest BCUT2D eigenvalue weighted by Crippen LogP contribution is 2.44. The number of benzene rings is 1. The van der Waals surface area contributed by atoms with E-state index in [1.165, 1.54) is 0 Å². The smallest absolute Gasteiger partial charge is 0.119 e. The lowest BCUT2D eigenvalue weighted by atomic mass is 9.68. The van der Waals surface area contributed by atoms with Gasteiger partial charge in [0.05, 0.1) is 7.11 Å². The van der Waals surface area contributed by atoms with Gasteiger partial charge in [0.25, 0.3) is 0 Å². The highest BCUT2D eigenvalue weighted by Gasteiger charge is 2.43. The summed E-state index contributed by atoms with van der Waals surface area (Å²) in [7, 11) is 1.63. The van der Waals surface area contributed by atoms with Crippen molar-refractivity contribution in [2.24, 2.45) is 5.41 Å². The first-order chi connectivity index (χ1) is 9.39. The molecular formula is C17H21NO2. The molecule has 106 valence electrons. The van der Waals surface area contributed by atoms with Gasteiger partial charge in [-0.1, -0.05) is 32.9 Å². The van der Waals surface area contributed by atoms with Crippen molar-refractivity contribution in [2.75, 3.05) is 7.11 Å². The summed E-state index contributed by atoms with van der Waals surface area (Å²) in [6.07, 6.45) is 3.41. The monoisotopic (exact) mass is 271 g/mol. The van der Waals surface area contributed by atoms with Gasteiger partial charge in [0.15, 0.2) is 0 Å².